The highest BCUT2D eigenvalue weighted by atomic mass is 35.5. The van der Waals surface area contributed by atoms with Crippen LogP contribution in [0.5, 0.6) is 0 Å². The molecule has 0 aliphatic carbocycles. The Labute approximate surface area is 98.9 Å². The topological polar surface area (TPSA) is 62.1 Å². The van der Waals surface area contributed by atoms with E-state index in [1.54, 1.807) is 4.90 Å². The summed E-state index contributed by atoms with van der Waals surface area (Å²) in [5.74, 6) is 0.874. The fourth-order valence-corrected chi connectivity index (χ4v) is 1.79. The molecule has 2 rings (SSSR count). The number of rotatable bonds is 2. The van der Waals surface area contributed by atoms with Crippen LogP contribution < -0.4 is 4.90 Å². The zero-order valence-electron chi connectivity index (χ0n) is 9.20. The quantitative estimate of drug-likeness (QED) is 0.796. The number of halogens is 1. The summed E-state index contributed by atoms with van der Waals surface area (Å²) < 4.78 is 5.25. The van der Waals surface area contributed by atoms with E-state index in [-0.39, 0.29) is 12.1 Å². The van der Waals surface area contributed by atoms with Gasteiger partial charge in [-0.2, -0.15) is 0 Å². The molecule has 5 nitrogen and oxygen atoms in total. The second-order valence-corrected chi connectivity index (χ2v) is 4.07. The van der Waals surface area contributed by atoms with Gasteiger partial charge in [0, 0.05) is 11.4 Å². The summed E-state index contributed by atoms with van der Waals surface area (Å²) in [7, 11) is 0. The van der Waals surface area contributed by atoms with E-state index in [2.05, 4.69) is 9.97 Å². The van der Waals surface area contributed by atoms with Crippen LogP contribution in [0.1, 0.15) is 11.4 Å². The maximum absolute atomic E-state index is 7.68. The first-order valence-electron chi connectivity index (χ1n) is 5.01. The minimum absolute atomic E-state index is 0.0654. The van der Waals surface area contributed by atoms with Crippen molar-refractivity contribution < 1.29 is 4.74 Å². The fourth-order valence-electron chi connectivity index (χ4n) is 1.63. The third-order valence-electron chi connectivity index (χ3n) is 2.29. The van der Waals surface area contributed by atoms with E-state index in [9.17, 15) is 0 Å². The summed E-state index contributed by atoms with van der Waals surface area (Å²) in [5.41, 5.74) is 1.76. The first-order chi connectivity index (χ1) is 7.60. The first kappa shape index (κ1) is 11.1. The molecule has 1 unspecified atom stereocenters. The van der Waals surface area contributed by atoms with Crippen molar-refractivity contribution in [3.05, 3.63) is 17.5 Å². The predicted molar refractivity (Wildman–Crippen MR) is 62.2 cm³/mol. The van der Waals surface area contributed by atoms with Crippen LogP contribution in [0.25, 0.3) is 0 Å². The largest absolute Gasteiger partial charge is 0.459 e. The van der Waals surface area contributed by atoms with Gasteiger partial charge in [-0.05, 0) is 19.9 Å². The van der Waals surface area contributed by atoms with Gasteiger partial charge >= 0.3 is 0 Å². The molecule has 1 N–H and O–H groups in total. The van der Waals surface area contributed by atoms with E-state index in [4.69, 9.17) is 21.7 Å². The molecule has 16 heavy (non-hydrogen) atoms. The molecule has 1 aliphatic rings. The van der Waals surface area contributed by atoms with E-state index in [1.165, 1.54) is 0 Å². The van der Waals surface area contributed by atoms with Crippen LogP contribution in [0.15, 0.2) is 6.07 Å². The first-order valence-corrected chi connectivity index (χ1v) is 5.54. The summed E-state index contributed by atoms with van der Waals surface area (Å²) in [6.45, 7) is 4.33. The molecule has 0 radical (unpaired) electrons. The lowest BCUT2D eigenvalue weighted by atomic mass is 10.3. The zero-order chi connectivity index (χ0) is 11.7. The van der Waals surface area contributed by atoms with Gasteiger partial charge in [0.2, 0.25) is 5.95 Å². The van der Waals surface area contributed by atoms with Gasteiger partial charge in [0.15, 0.2) is 0 Å². The van der Waals surface area contributed by atoms with Gasteiger partial charge < -0.3 is 4.74 Å². The maximum Gasteiger partial charge on any atom is 0.291 e. The summed E-state index contributed by atoms with van der Waals surface area (Å²) in [5, 5.41) is 7.68. The van der Waals surface area contributed by atoms with Gasteiger partial charge in [-0.1, -0.05) is 0 Å². The molecule has 1 aromatic rings. The van der Waals surface area contributed by atoms with Crippen molar-refractivity contribution in [3.63, 3.8) is 0 Å². The highest BCUT2D eigenvalue weighted by molar-refractivity contribution is 6.18. The van der Waals surface area contributed by atoms with Crippen molar-refractivity contribution in [1.82, 2.24) is 9.97 Å². The Morgan fingerprint density at radius 3 is 2.62 bits per heavy atom. The number of hydrogen-bond acceptors (Lipinski definition) is 4. The Morgan fingerprint density at radius 2 is 2.12 bits per heavy atom. The van der Waals surface area contributed by atoms with Crippen molar-refractivity contribution in [1.29, 1.82) is 5.41 Å². The molecule has 2 heterocycles. The molecule has 6 heteroatoms. The van der Waals surface area contributed by atoms with Gasteiger partial charge in [-0.15, -0.1) is 11.6 Å². The Balaban J connectivity index is 2.27. The van der Waals surface area contributed by atoms with Crippen molar-refractivity contribution in [3.8, 4) is 0 Å². The van der Waals surface area contributed by atoms with Crippen LogP contribution in [0.4, 0.5) is 5.95 Å². The summed E-state index contributed by atoms with van der Waals surface area (Å²) in [6.07, 6.45) is -0.154. The number of anilines is 1. The van der Waals surface area contributed by atoms with E-state index in [0.29, 0.717) is 18.4 Å². The average Bonchev–Trinajstić information content (AvgIpc) is 2.58. The molecule has 0 amide bonds. The third kappa shape index (κ3) is 2.09. The monoisotopic (exact) mass is 240 g/mol. The van der Waals surface area contributed by atoms with Crippen LogP contribution in [0.3, 0.4) is 0 Å². The van der Waals surface area contributed by atoms with Crippen LogP contribution >= 0.6 is 11.6 Å². The molecule has 1 atom stereocenters. The average molecular weight is 241 g/mol. The molecule has 0 spiro atoms. The van der Waals surface area contributed by atoms with Crippen LogP contribution in [0.2, 0.25) is 0 Å². The van der Waals surface area contributed by atoms with Crippen molar-refractivity contribution in [2.75, 3.05) is 17.3 Å². The van der Waals surface area contributed by atoms with Crippen molar-refractivity contribution in [2.24, 2.45) is 0 Å². The van der Waals surface area contributed by atoms with Gasteiger partial charge in [0.25, 0.3) is 6.02 Å². The predicted octanol–water partition coefficient (Wildman–Crippen LogP) is 1.47. The normalized spacial score (nSPS) is 20.1. The number of nitrogens with zero attached hydrogens (tertiary/aromatic N) is 3. The summed E-state index contributed by atoms with van der Waals surface area (Å²) in [6, 6.07) is 1.96. The lowest BCUT2D eigenvalue weighted by Gasteiger charge is -2.13. The Morgan fingerprint density at radius 1 is 1.50 bits per heavy atom. The molecule has 1 aromatic heterocycles. The minimum Gasteiger partial charge on any atom is -0.459 e. The van der Waals surface area contributed by atoms with Crippen LogP contribution in [0, 0.1) is 19.3 Å². The Hall–Kier alpha value is -1.36. The highest BCUT2D eigenvalue weighted by Gasteiger charge is 2.30. The van der Waals surface area contributed by atoms with Crippen molar-refractivity contribution >= 4 is 23.6 Å². The Kier molecular flexibility index (Phi) is 2.96. The lowest BCUT2D eigenvalue weighted by molar-refractivity contribution is 0.253. The van der Waals surface area contributed by atoms with E-state index in [0.717, 1.165) is 11.4 Å². The standard InChI is InChI=1S/C10H13ClN4O/c1-6-3-7(2)14-10(13-6)15-5-8(4-11)16-9(15)12/h3,8,12H,4-5H2,1-2H3. The number of ether oxygens (including phenoxy) is 1. The van der Waals surface area contributed by atoms with Crippen LogP contribution in [-0.4, -0.2) is 34.5 Å². The Bertz CT molecular complexity index is 403. The number of alkyl halides is 1. The lowest BCUT2D eigenvalue weighted by Crippen LogP contribution is -2.27. The van der Waals surface area contributed by atoms with Crippen molar-refractivity contribution in [2.45, 2.75) is 20.0 Å². The smallest absolute Gasteiger partial charge is 0.291 e. The molecule has 1 aliphatic heterocycles. The number of amidine groups is 1. The molecule has 0 saturated carbocycles. The van der Waals surface area contributed by atoms with Gasteiger partial charge in [0.05, 0.1) is 12.4 Å². The zero-order valence-corrected chi connectivity index (χ0v) is 9.95. The molecule has 1 fully saturated rings. The second-order valence-electron chi connectivity index (χ2n) is 3.76. The SMILES string of the molecule is Cc1cc(C)nc(N2CC(CCl)OC2=N)n1. The minimum atomic E-state index is -0.154. The number of nitrogens with one attached hydrogen (secondary N) is 1. The molecular weight excluding hydrogens is 228 g/mol. The van der Waals surface area contributed by atoms with Gasteiger partial charge in [-0.25, -0.2) is 9.97 Å². The molecule has 0 bridgehead atoms. The van der Waals surface area contributed by atoms with Crippen LogP contribution in [-0.2, 0) is 4.74 Å². The molecular formula is C10H13ClN4O. The molecule has 1 saturated heterocycles. The molecule has 0 aromatic carbocycles. The number of aromatic nitrogens is 2. The van der Waals surface area contributed by atoms with E-state index in [1.807, 2.05) is 19.9 Å². The van der Waals surface area contributed by atoms with E-state index < -0.39 is 0 Å². The second kappa shape index (κ2) is 4.25. The summed E-state index contributed by atoms with van der Waals surface area (Å²) in [4.78, 5) is 10.2. The van der Waals surface area contributed by atoms with Gasteiger partial charge in [-0.3, -0.25) is 10.3 Å². The number of aryl methyl sites for hydroxylation is 2. The number of hydrogen-bond donors (Lipinski definition) is 1. The summed E-state index contributed by atoms with van der Waals surface area (Å²) >= 11 is 5.70. The highest BCUT2D eigenvalue weighted by Crippen LogP contribution is 2.18. The third-order valence-corrected chi connectivity index (χ3v) is 2.64. The van der Waals surface area contributed by atoms with E-state index >= 15 is 0 Å². The maximum atomic E-state index is 7.68. The van der Waals surface area contributed by atoms with Gasteiger partial charge in [0.1, 0.15) is 6.10 Å². The fraction of sp³-hybridized carbons (Fsp3) is 0.500. The molecule has 86 valence electrons.